The van der Waals surface area contributed by atoms with E-state index < -0.39 is 0 Å². The molecule has 4 nitrogen and oxygen atoms in total. The van der Waals surface area contributed by atoms with Crippen LogP contribution in [0.15, 0.2) is 24.3 Å². The number of rotatable bonds is 5. The summed E-state index contributed by atoms with van der Waals surface area (Å²) < 4.78 is 5.57. The lowest BCUT2D eigenvalue weighted by atomic mass is 9.78. The number of para-hydroxylation sites is 1. The number of carbonyl (C=O) groups excluding carboxylic acids is 1. The fourth-order valence-electron chi connectivity index (χ4n) is 3.95. The molecule has 0 bridgehead atoms. The molecular formula is C18H27ClN2O2. The van der Waals surface area contributed by atoms with E-state index in [-0.39, 0.29) is 29.6 Å². The highest BCUT2D eigenvalue weighted by atomic mass is 35.5. The molecule has 1 aliphatic carbocycles. The lowest BCUT2D eigenvalue weighted by Crippen LogP contribution is -2.42. The molecule has 23 heavy (non-hydrogen) atoms. The van der Waals surface area contributed by atoms with Crippen molar-refractivity contribution in [3.8, 4) is 5.75 Å². The van der Waals surface area contributed by atoms with Crippen molar-refractivity contribution in [1.29, 1.82) is 0 Å². The summed E-state index contributed by atoms with van der Waals surface area (Å²) in [5.41, 5.74) is 1.29. The highest BCUT2D eigenvalue weighted by Gasteiger charge is 2.38. The largest absolute Gasteiger partial charge is 0.496 e. The van der Waals surface area contributed by atoms with Crippen LogP contribution in [0.3, 0.4) is 0 Å². The second-order valence-corrected chi connectivity index (χ2v) is 6.60. The average molecular weight is 339 g/mol. The number of hydrogen-bond acceptors (Lipinski definition) is 3. The number of carbonyl (C=O) groups is 1. The maximum absolute atomic E-state index is 12.3. The molecule has 3 rings (SSSR count). The maximum atomic E-state index is 12.3. The van der Waals surface area contributed by atoms with Gasteiger partial charge in [-0.15, -0.1) is 12.4 Å². The predicted octanol–water partition coefficient (Wildman–Crippen LogP) is 2.65. The lowest BCUT2D eigenvalue weighted by Gasteiger charge is -2.31. The standard InChI is InChI=1S/C18H26N2O2.ClH/c1-22-16-7-3-2-6-15(16)18(9-4-5-10-18)13-20-17(21)14-8-11-19-12-14;/h2-3,6-7,14,19H,4-5,8-13H2,1H3,(H,20,21);1H. The van der Waals surface area contributed by atoms with Gasteiger partial charge in [-0.1, -0.05) is 31.0 Å². The summed E-state index contributed by atoms with van der Waals surface area (Å²) in [5, 5.41) is 6.48. The molecule has 1 aliphatic heterocycles. The second-order valence-electron chi connectivity index (χ2n) is 6.60. The van der Waals surface area contributed by atoms with Crippen molar-refractivity contribution < 1.29 is 9.53 Å². The van der Waals surface area contributed by atoms with Gasteiger partial charge in [-0.25, -0.2) is 0 Å². The van der Waals surface area contributed by atoms with Crippen molar-refractivity contribution in [3.63, 3.8) is 0 Å². The highest BCUT2D eigenvalue weighted by Crippen LogP contribution is 2.44. The zero-order valence-corrected chi connectivity index (χ0v) is 14.6. The normalized spacial score (nSPS) is 22.4. The quantitative estimate of drug-likeness (QED) is 0.867. The van der Waals surface area contributed by atoms with Crippen molar-refractivity contribution in [2.24, 2.45) is 5.92 Å². The topological polar surface area (TPSA) is 50.4 Å². The summed E-state index contributed by atoms with van der Waals surface area (Å²) in [6, 6.07) is 8.26. The Bertz CT molecular complexity index is 524. The van der Waals surface area contributed by atoms with Gasteiger partial charge < -0.3 is 15.4 Å². The molecule has 2 aliphatic rings. The molecule has 1 saturated heterocycles. The number of nitrogens with one attached hydrogen (secondary N) is 2. The van der Waals surface area contributed by atoms with E-state index in [1.54, 1.807) is 7.11 Å². The van der Waals surface area contributed by atoms with E-state index >= 15 is 0 Å². The molecule has 5 heteroatoms. The number of amides is 1. The van der Waals surface area contributed by atoms with Crippen LogP contribution in [0.5, 0.6) is 5.75 Å². The van der Waals surface area contributed by atoms with Gasteiger partial charge in [-0.05, 0) is 31.9 Å². The van der Waals surface area contributed by atoms with Gasteiger partial charge in [-0.2, -0.15) is 0 Å². The molecule has 1 aromatic carbocycles. The first kappa shape index (κ1) is 18.1. The Labute approximate surface area is 144 Å². The minimum atomic E-state index is 0. The summed E-state index contributed by atoms with van der Waals surface area (Å²) in [4.78, 5) is 12.3. The smallest absolute Gasteiger partial charge is 0.224 e. The van der Waals surface area contributed by atoms with E-state index in [0.29, 0.717) is 0 Å². The molecule has 1 heterocycles. The second kappa shape index (κ2) is 8.02. The SMILES string of the molecule is COc1ccccc1C1(CNC(=O)C2CCNC2)CCCC1.Cl. The third kappa shape index (κ3) is 3.81. The van der Waals surface area contributed by atoms with Gasteiger partial charge in [0.2, 0.25) is 5.91 Å². The van der Waals surface area contributed by atoms with Gasteiger partial charge in [0.1, 0.15) is 5.75 Å². The van der Waals surface area contributed by atoms with Gasteiger partial charge in [0, 0.05) is 24.1 Å². The summed E-state index contributed by atoms with van der Waals surface area (Å²) in [6.07, 6.45) is 5.64. The van der Waals surface area contributed by atoms with E-state index in [9.17, 15) is 4.79 Å². The van der Waals surface area contributed by atoms with Crippen LogP contribution in [0.4, 0.5) is 0 Å². The van der Waals surface area contributed by atoms with E-state index in [1.807, 2.05) is 12.1 Å². The van der Waals surface area contributed by atoms with E-state index in [2.05, 4.69) is 22.8 Å². The van der Waals surface area contributed by atoms with E-state index in [4.69, 9.17) is 4.74 Å². The Morgan fingerprint density at radius 2 is 2.09 bits per heavy atom. The van der Waals surface area contributed by atoms with Crippen LogP contribution in [0.25, 0.3) is 0 Å². The van der Waals surface area contributed by atoms with Gasteiger partial charge >= 0.3 is 0 Å². The maximum Gasteiger partial charge on any atom is 0.224 e. The zero-order chi connectivity index (χ0) is 15.4. The summed E-state index contributed by atoms with van der Waals surface area (Å²) in [7, 11) is 1.73. The number of halogens is 1. The van der Waals surface area contributed by atoms with Crippen molar-refractivity contribution >= 4 is 18.3 Å². The van der Waals surface area contributed by atoms with Crippen LogP contribution in [-0.2, 0) is 10.2 Å². The Hall–Kier alpha value is -1.26. The number of benzene rings is 1. The molecule has 0 aromatic heterocycles. The Kier molecular flexibility index (Phi) is 6.31. The first-order chi connectivity index (χ1) is 10.7. The van der Waals surface area contributed by atoms with E-state index in [1.165, 1.54) is 18.4 Å². The lowest BCUT2D eigenvalue weighted by molar-refractivity contribution is -0.124. The molecule has 128 valence electrons. The average Bonchev–Trinajstić information content (AvgIpc) is 3.25. The molecule has 1 atom stereocenters. The minimum absolute atomic E-state index is 0. The molecule has 1 aromatic rings. The van der Waals surface area contributed by atoms with Crippen LogP contribution < -0.4 is 15.4 Å². The van der Waals surface area contributed by atoms with Crippen molar-refractivity contribution in [2.45, 2.75) is 37.5 Å². The summed E-state index contributed by atoms with van der Waals surface area (Å²) in [5.74, 6) is 1.28. The third-order valence-corrected chi connectivity index (χ3v) is 5.27. The highest BCUT2D eigenvalue weighted by molar-refractivity contribution is 5.85. The first-order valence-electron chi connectivity index (χ1n) is 8.37. The van der Waals surface area contributed by atoms with Crippen molar-refractivity contribution in [3.05, 3.63) is 29.8 Å². The molecule has 1 saturated carbocycles. The zero-order valence-electron chi connectivity index (χ0n) is 13.8. The fraction of sp³-hybridized carbons (Fsp3) is 0.611. The van der Waals surface area contributed by atoms with Crippen molar-refractivity contribution in [2.75, 3.05) is 26.7 Å². The summed E-state index contributed by atoms with van der Waals surface area (Å²) in [6.45, 7) is 2.49. The third-order valence-electron chi connectivity index (χ3n) is 5.27. The van der Waals surface area contributed by atoms with Gasteiger partial charge in [0.05, 0.1) is 13.0 Å². The monoisotopic (exact) mass is 338 g/mol. The Morgan fingerprint density at radius 3 is 2.74 bits per heavy atom. The Balaban J connectivity index is 0.00000192. The van der Waals surface area contributed by atoms with Gasteiger partial charge in [0.25, 0.3) is 0 Å². The molecular weight excluding hydrogens is 312 g/mol. The van der Waals surface area contributed by atoms with E-state index in [0.717, 1.165) is 44.6 Å². The number of hydrogen-bond donors (Lipinski definition) is 2. The fourth-order valence-corrected chi connectivity index (χ4v) is 3.95. The van der Waals surface area contributed by atoms with Crippen LogP contribution >= 0.6 is 12.4 Å². The van der Waals surface area contributed by atoms with Crippen LogP contribution in [-0.4, -0.2) is 32.7 Å². The van der Waals surface area contributed by atoms with Gasteiger partial charge in [0.15, 0.2) is 0 Å². The van der Waals surface area contributed by atoms with Crippen LogP contribution in [0.2, 0.25) is 0 Å². The minimum Gasteiger partial charge on any atom is -0.496 e. The molecule has 0 radical (unpaired) electrons. The van der Waals surface area contributed by atoms with Crippen LogP contribution in [0.1, 0.15) is 37.7 Å². The van der Waals surface area contributed by atoms with Crippen LogP contribution in [0, 0.1) is 5.92 Å². The Morgan fingerprint density at radius 1 is 1.35 bits per heavy atom. The number of methoxy groups -OCH3 is 1. The van der Waals surface area contributed by atoms with Crippen molar-refractivity contribution in [1.82, 2.24) is 10.6 Å². The predicted molar refractivity (Wildman–Crippen MR) is 94.4 cm³/mol. The molecule has 2 fully saturated rings. The van der Waals surface area contributed by atoms with Gasteiger partial charge in [-0.3, -0.25) is 4.79 Å². The molecule has 1 amide bonds. The molecule has 2 N–H and O–H groups in total. The molecule has 1 unspecified atom stereocenters. The summed E-state index contributed by atoms with van der Waals surface area (Å²) >= 11 is 0. The number of ether oxygens (including phenoxy) is 1. The molecule has 0 spiro atoms. The first-order valence-corrected chi connectivity index (χ1v) is 8.37.